The van der Waals surface area contributed by atoms with E-state index in [1.165, 1.54) is 0 Å². The first-order chi connectivity index (χ1) is 6.74. The summed E-state index contributed by atoms with van der Waals surface area (Å²) in [6.07, 6.45) is 3.75. The summed E-state index contributed by atoms with van der Waals surface area (Å²) in [6.45, 7) is 5.83. The number of methoxy groups -OCH3 is 1. The molecule has 1 unspecified atom stereocenters. The minimum absolute atomic E-state index is 0.275. The molecule has 0 spiro atoms. The summed E-state index contributed by atoms with van der Waals surface area (Å²) in [7, 11) is 1.71. The molecule has 0 fully saturated rings. The summed E-state index contributed by atoms with van der Waals surface area (Å²) in [5.41, 5.74) is 0. The van der Waals surface area contributed by atoms with Gasteiger partial charge in [0.15, 0.2) is 0 Å². The predicted molar refractivity (Wildman–Crippen MR) is 56.3 cm³/mol. The van der Waals surface area contributed by atoms with Gasteiger partial charge in [-0.1, -0.05) is 13.8 Å². The zero-order valence-corrected chi connectivity index (χ0v) is 9.10. The van der Waals surface area contributed by atoms with Gasteiger partial charge < -0.3 is 10.1 Å². The van der Waals surface area contributed by atoms with Gasteiger partial charge in [-0.25, -0.2) is 0 Å². The van der Waals surface area contributed by atoms with Crippen molar-refractivity contribution in [2.75, 3.05) is 20.3 Å². The molecule has 0 aliphatic rings. The molecule has 1 N–H and O–H groups in total. The van der Waals surface area contributed by atoms with Gasteiger partial charge in [0, 0.05) is 32.1 Å². The molecule has 0 bridgehead atoms. The highest BCUT2D eigenvalue weighted by Crippen LogP contribution is 2.03. The number of hydrogen-bond donors (Lipinski definition) is 1. The van der Waals surface area contributed by atoms with Crippen molar-refractivity contribution in [3.63, 3.8) is 0 Å². The van der Waals surface area contributed by atoms with E-state index in [1.807, 2.05) is 16.9 Å². The van der Waals surface area contributed by atoms with Crippen LogP contribution in [0.5, 0.6) is 0 Å². The Kier molecular flexibility index (Phi) is 4.62. The van der Waals surface area contributed by atoms with E-state index in [1.54, 1.807) is 13.3 Å². The molecule has 80 valence electrons. The Balaban J connectivity index is 2.47. The predicted octanol–water partition coefficient (Wildman–Crippen LogP) is 1.07. The first-order valence-corrected chi connectivity index (χ1v) is 4.95. The maximum Gasteiger partial charge on any atom is 0.0876 e. The average molecular weight is 197 g/mol. The first kappa shape index (κ1) is 11.2. The number of nitrogens with zero attached hydrogens (tertiary/aromatic N) is 2. The van der Waals surface area contributed by atoms with E-state index in [4.69, 9.17) is 4.74 Å². The third kappa shape index (κ3) is 3.47. The minimum atomic E-state index is 0.275. The summed E-state index contributed by atoms with van der Waals surface area (Å²) < 4.78 is 7.09. The van der Waals surface area contributed by atoms with Crippen molar-refractivity contribution in [1.82, 2.24) is 15.1 Å². The maximum absolute atomic E-state index is 5.16. The molecule has 1 aromatic rings. The van der Waals surface area contributed by atoms with Crippen LogP contribution in [0.4, 0.5) is 0 Å². The fraction of sp³-hybridized carbons (Fsp3) is 0.700. The Morgan fingerprint density at radius 3 is 2.79 bits per heavy atom. The van der Waals surface area contributed by atoms with Crippen LogP contribution in [0.15, 0.2) is 18.5 Å². The van der Waals surface area contributed by atoms with Crippen molar-refractivity contribution < 1.29 is 4.74 Å². The molecule has 0 radical (unpaired) electrons. The van der Waals surface area contributed by atoms with E-state index >= 15 is 0 Å². The number of ether oxygens (including phenoxy) is 1. The van der Waals surface area contributed by atoms with Gasteiger partial charge in [-0.2, -0.15) is 5.10 Å². The normalized spacial score (nSPS) is 13.4. The van der Waals surface area contributed by atoms with E-state index in [2.05, 4.69) is 24.3 Å². The highest BCUT2D eigenvalue weighted by atomic mass is 16.5. The fourth-order valence-electron chi connectivity index (χ4n) is 1.29. The van der Waals surface area contributed by atoms with Crippen molar-refractivity contribution in [3.8, 4) is 0 Å². The zero-order valence-electron chi connectivity index (χ0n) is 9.10. The largest absolute Gasteiger partial charge is 0.382 e. The quantitative estimate of drug-likeness (QED) is 0.741. The number of nitrogens with one attached hydrogen (secondary N) is 1. The average Bonchev–Trinajstić information content (AvgIpc) is 2.64. The van der Waals surface area contributed by atoms with Crippen molar-refractivity contribution >= 4 is 0 Å². The molecular formula is C10H19N3O. The number of rotatable bonds is 6. The van der Waals surface area contributed by atoms with Crippen LogP contribution in [0.3, 0.4) is 0 Å². The Morgan fingerprint density at radius 2 is 2.29 bits per heavy atom. The molecule has 1 aromatic heterocycles. The van der Waals surface area contributed by atoms with Crippen molar-refractivity contribution in [1.29, 1.82) is 0 Å². The van der Waals surface area contributed by atoms with Gasteiger partial charge in [-0.05, 0) is 6.07 Å². The maximum atomic E-state index is 5.16. The smallest absolute Gasteiger partial charge is 0.0876 e. The first-order valence-electron chi connectivity index (χ1n) is 4.95. The molecule has 0 amide bonds. The van der Waals surface area contributed by atoms with Crippen molar-refractivity contribution in [2.45, 2.75) is 25.9 Å². The second-order valence-electron chi connectivity index (χ2n) is 3.66. The molecule has 0 aliphatic heterocycles. The molecule has 0 aromatic carbocycles. The van der Waals surface area contributed by atoms with Gasteiger partial charge in [-0.3, -0.25) is 4.68 Å². The lowest BCUT2D eigenvalue weighted by Crippen LogP contribution is -2.32. The molecular weight excluding hydrogens is 178 g/mol. The van der Waals surface area contributed by atoms with E-state index in [9.17, 15) is 0 Å². The highest BCUT2D eigenvalue weighted by Gasteiger charge is 2.10. The second kappa shape index (κ2) is 5.78. The summed E-state index contributed by atoms with van der Waals surface area (Å²) in [5, 5.41) is 7.59. The van der Waals surface area contributed by atoms with Gasteiger partial charge in [0.25, 0.3) is 0 Å². The molecule has 1 rings (SSSR count). The fourth-order valence-corrected chi connectivity index (χ4v) is 1.29. The van der Waals surface area contributed by atoms with Crippen molar-refractivity contribution in [2.24, 2.45) is 0 Å². The standard InChI is InChI=1S/C10H19N3O/c1-9(2)11-7-10(8-14-3)13-6-4-5-12-13/h4-6,9-11H,7-8H2,1-3H3. The molecule has 4 nitrogen and oxygen atoms in total. The summed E-state index contributed by atoms with van der Waals surface area (Å²) in [5.74, 6) is 0. The van der Waals surface area contributed by atoms with E-state index in [0.29, 0.717) is 12.6 Å². The summed E-state index contributed by atoms with van der Waals surface area (Å²) in [4.78, 5) is 0. The van der Waals surface area contributed by atoms with Crippen LogP contribution in [0.25, 0.3) is 0 Å². The van der Waals surface area contributed by atoms with Gasteiger partial charge in [0.2, 0.25) is 0 Å². The Morgan fingerprint density at radius 1 is 1.50 bits per heavy atom. The van der Waals surface area contributed by atoms with Crippen LogP contribution >= 0.6 is 0 Å². The lowest BCUT2D eigenvalue weighted by atomic mass is 10.3. The third-order valence-electron chi connectivity index (χ3n) is 2.02. The van der Waals surface area contributed by atoms with Gasteiger partial charge in [0.1, 0.15) is 0 Å². The lowest BCUT2D eigenvalue weighted by molar-refractivity contribution is 0.147. The molecule has 0 aliphatic carbocycles. The van der Waals surface area contributed by atoms with Gasteiger partial charge >= 0.3 is 0 Å². The highest BCUT2D eigenvalue weighted by molar-refractivity contribution is 4.82. The van der Waals surface area contributed by atoms with Gasteiger partial charge in [-0.15, -0.1) is 0 Å². The van der Waals surface area contributed by atoms with E-state index < -0.39 is 0 Å². The molecule has 1 heterocycles. The molecule has 14 heavy (non-hydrogen) atoms. The molecule has 4 heteroatoms. The Bertz CT molecular complexity index is 234. The minimum Gasteiger partial charge on any atom is -0.382 e. The SMILES string of the molecule is COCC(CNC(C)C)n1cccn1. The van der Waals surface area contributed by atoms with E-state index in [0.717, 1.165) is 6.54 Å². The lowest BCUT2D eigenvalue weighted by Gasteiger charge is -2.18. The van der Waals surface area contributed by atoms with Crippen LogP contribution < -0.4 is 5.32 Å². The topological polar surface area (TPSA) is 39.1 Å². The molecule has 0 saturated carbocycles. The summed E-state index contributed by atoms with van der Waals surface area (Å²) in [6, 6.07) is 2.69. The van der Waals surface area contributed by atoms with Crippen molar-refractivity contribution in [3.05, 3.63) is 18.5 Å². The van der Waals surface area contributed by atoms with Crippen LogP contribution in [-0.2, 0) is 4.74 Å². The van der Waals surface area contributed by atoms with Crippen LogP contribution in [0.2, 0.25) is 0 Å². The van der Waals surface area contributed by atoms with Crippen LogP contribution in [0, 0.1) is 0 Å². The van der Waals surface area contributed by atoms with Gasteiger partial charge in [0.05, 0.1) is 12.6 Å². The number of aromatic nitrogens is 2. The zero-order chi connectivity index (χ0) is 10.4. The van der Waals surface area contributed by atoms with E-state index in [-0.39, 0.29) is 6.04 Å². The second-order valence-corrected chi connectivity index (χ2v) is 3.66. The molecule has 1 atom stereocenters. The Labute approximate surface area is 85.3 Å². The van der Waals surface area contributed by atoms with Crippen LogP contribution in [0.1, 0.15) is 19.9 Å². The monoisotopic (exact) mass is 197 g/mol. The summed E-state index contributed by atoms with van der Waals surface area (Å²) >= 11 is 0. The third-order valence-corrected chi connectivity index (χ3v) is 2.02. The Hall–Kier alpha value is -0.870. The number of hydrogen-bond acceptors (Lipinski definition) is 3. The molecule has 0 saturated heterocycles. The van der Waals surface area contributed by atoms with Crippen LogP contribution in [-0.4, -0.2) is 36.1 Å².